The molecule has 0 unspecified atom stereocenters. The first kappa shape index (κ1) is 11.9. The molecule has 0 saturated carbocycles. The fourth-order valence-electron chi connectivity index (χ4n) is 1.98. The maximum Gasteiger partial charge on any atom is 0.255 e. The molecular weight excluding hydrogens is 267 g/mol. The molecule has 0 radical (unpaired) electrons. The van der Waals surface area contributed by atoms with E-state index >= 15 is 0 Å². The number of fused-ring (bicyclic) bond motifs is 1. The summed E-state index contributed by atoms with van der Waals surface area (Å²) >= 11 is 5.28. The summed E-state index contributed by atoms with van der Waals surface area (Å²) in [6.07, 6.45) is 1.61. The lowest BCUT2D eigenvalue weighted by molar-refractivity contribution is 0.107. The van der Waals surface area contributed by atoms with Gasteiger partial charge in [0.05, 0.1) is 22.3 Å². The van der Waals surface area contributed by atoms with Gasteiger partial charge in [0.2, 0.25) is 0 Å². The topological polar surface area (TPSA) is 34.9 Å². The number of halogens is 2. The summed E-state index contributed by atoms with van der Waals surface area (Å²) in [5.41, 5.74) is 2.15. The predicted octanol–water partition coefficient (Wildman–Crippen LogP) is 3.54. The second-order valence-corrected chi connectivity index (χ2v) is 4.38. The van der Waals surface area contributed by atoms with Gasteiger partial charge in [-0.3, -0.25) is 9.36 Å². The molecule has 3 nitrogen and oxygen atoms in total. The summed E-state index contributed by atoms with van der Waals surface area (Å²) < 4.78 is 15.5. The van der Waals surface area contributed by atoms with Gasteiger partial charge in [0.1, 0.15) is 12.1 Å². The van der Waals surface area contributed by atoms with Crippen molar-refractivity contribution in [2.75, 3.05) is 0 Å². The summed E-state index contributed by atoms with van der Waals surface area (Å²) in [5, 5.41) is -0.806. The predicted molar refractivity (Wildman–Crippen MR) is 71.2 cm³/mol. The van der Waals surface area contributed by atoms with Crippen LogP contribution in [0.25, 0.3) is 16.7 Å². The largest absolute Gasteiger partial charge is 0.299 e. The molecule has 94 valence electrons. The number of rotatable bonds is 2. The zero-order valence-corrected chi connectivity index (χ0v) is 10.4. The molecule has 5 heteroatoms. The second-order valence-electron chi connectivity index (χ2n) is 4.04. The first-order chi connectivity index (χ1) is 9.16. The quantitative estimate of drug-likeness (QED) is 0.670. The zero-order valence-electron chi connectivity index (χ0n) is 9.68. The van der Waals surface area contributed by atoms with Gasteiger partial charge in [-0.1, -0.05) is 12.1 Å². The van der Waals surface area contributed by atoms with Crippen LogP contribution in [0, 0.1) is 5.82 Å². The number of nitrogens with zero attached hydrogens (tertiary/aromatic N) is 2. The van der Waals surface area contributed by atoms with Crippen molar-refractivity contribution in [2.24, 2.45) is 0 Å². The molecule has 0 aliphatic rings. The molecule has 19 heavy (non-hydrogen) atoms. The molecule has 0 atom stereocenters. The molecule has 1 heterocycles. The zero-order chi connectivity index (χ0) is 13.4. The SMILES string of the molecule is O=C(Cl)c1ccc(-n2cnc3ccccc32)cc1F. The van der Waals surface area contributed by atoms with Crippen molar-refractivity contribution in [3.8, 4) is 5.69 Å². The summed E-state index contributed by atoms with van der Waals surface area (Å²) in [5.74, 6) is -0.643. The van der Waals surface area contributed by atoms with Crippen molar-refractivity contribution in [3.63, 3.8) is 0 Å². The highest BCUT2D eigenvalue weighted by molar-refractivity contribution is 6.67. The molecule has 3 aromatic rings. The summed E-state index contributed by atoms with van der Waals surface area (Å²) in [7, 11) is 0. The Labute approximate surface area is 113 Å². The first-order valence-corrected chi connectivity index (χ1v) is 5.96. The number of benzene rings is 2. The summed E-state index contributed by atoms with van der Waals surface area (Å²) in [6.45, 7) is 0. The number of para-hydroxylation sites is 2. The first-order valence-electron chi connectivity index (χ1n) is 5.58. The van der Waals surface area contributed by atoms with Crippen LogP contribution in [-0.4, -0.2) is 14.8 Å². The van der Waals surface area contributed by atoms with E-state index in [9.17, 15) is 9.18 Å². The molecular formula is C14H8ClFN2O. The van der Waals surface area contributed by atoms with Gasteiger partial charge >= 0.3 is 0 Å². The van der Waals surface area contributed by atoms with E-state index in [1.165, 1.54) is 12.1 Å². The van der Waals surface area contributed by atoms with Crippen molar-refractivity contribution in [3.05, 3.63) is 60.2 Å². The normalized spacial score (nSPS) is 10.8. The molecule has 0 aliphatic carbocycles. The van der Waals surface area contributed by atoms with Crippen molar-refractivity contribution >= 4 is 27.9 Å². The van der Waals surface area contributed by atoms with E-state index < -0.39 is 11.1 Å². The van der Waals surface area contributed by atoms with Gasteiger partial charge in [0.25, 0.3) is 5.24 Å². The van der Waals surface area contributed by atoms with Crippen molar-refractivity contribution in [2.45, 2.75) is 0 Å². The van der Waals surface area contributed by atoms with Gasteiger partial charge in [-0.2, -0.15) is 0 Å². The van der Waals surface area contributed by atoms with Crippen LogP contribution in [0.15, 0.2) is 48.8 Å². The molecule has 0 saturated heterocycles. The molecule has 3 rings (SSSR count). The molecule has 0 spiro atoms. The van der Waals surface area contributed by atoms with Crippen LogP contribution in [0.4, 0.5) is 4.39 Å². The highest BCUT2D eigenvalue weighted by atomic mass is 35.5. The smallest absolute Gasteiger partial charge is 0.255 e. The average molecular weight is 275 g/mol. The Bertz CT molecular complexity index is 782. The van der Waals surface area contributed by atoms with Crippen molar-refractivity contribution in [1.29, 1.82) is 0 Å². The standard InChI is InChI=1S/C14H8ClFN2O/c15-14(19)10-6-5-9(7-11(10)16)18-8-17-12-3-1-2-4-13(12)18/h1-8H. The Kier molecular flexibility index (Phi) is 2.80. The highest BCUT2D eigenvalue weighted by Gasteiger charge is 2.11. The summed E-state index contributed by atoms with van der Waals surface area (Å²) in [6, 6.07) is 11.8. The van der Waals surface area contributed by atoms with Gasteiger partial charge in [0.15, 0.2) is 0 Å². The molecule has 0 bridgehead atoms. The number of hydrogen-bond donors (Lipinski definition) is 0. The van der Waals surface area contributed by atoms with Crippen LogP contribution in [-0.2, 0) is 0 Å². The van der Waals surface area contributed by atoms with Crippen LogP contribution in [0.1, 0.15) is 10.4 Å². The number of carbonyl (C=O) groups is 1. The van der Waals surface area contributed by atoms with E-state index in [0.717, 1.165) is 11.0 Å². The Balaban J connectivity index is 2.17. The average Bonchev–Trinajstić information content (AvgIpc) is 2.82. The van der Waals surface area contributed by atoms with Gasteiger partial charge < -0.3 is 0 Å². The third-order valence-corrected chi connectivity index (χ3v) is 3.10. The minimum atomic E-state index is -0.806. The summed E-state index contributed by atoms with van der Waals surface area (Å²) in [4.78, 5) is 15.2. The maximum atomic E-state index is 13.8. The van der Waals surface area contributed by atoms with Gasteiger partial charge in [-0.05, 0) is 41.9 Å². The lowest BCUT2D eigenvalue weighted by Crippen LogP contribution is -1.98. The number of carbonyl (C=O) groups excluding carboxylic acids is 1. The van der Waals surface area contributed by atoms with Crippen LogP contribution in [0.3, 0.4) is 0 Å². The monoisotopic (exact) mass is 274 g/mol. The molecule has 0 fully saturated rings. The van der Waals surface area contributed by atoms with E-state index in [1.54, 1.807) is 17.0 Å². The molecule has 0 N–H and O–H groups in total. The second kappa shape index (κ2) is 4.48. The van der Waals surface area contributed by atoms with Crippen LogP contribution < -0.4 is 0 Å². The third-order valence-electron chi connectivity index (χ3n) is 2.90. The fourth-order valence-corrected chi connectivity index (χ4v) is 2.13. The number of hydrogen-bond acceptors (Lipinski definition) is 2. The minimum absolute atomic E-state index is 0.130. The van der Waals surface area contributed by atoms with Crippen LogP contribution in [0.5, 0.6) is 0 Å². The molecule has 0 aliphatic heterocycles. The van der Waals surface area contributed by atoms with E-state index in [0.29, 0.717) is 5.69 Å². The van der Waals surface area contributed by atoms with E-state index in [1.807, 2.05) is 24.3 Å². The van der Waals surface area contributed by atoms with Gasteiger partial charge in [-0.15, -0.1) is 0 Å². The third kappa shape index (κ3) is 2.00. The minimum Gasteiger partial charge on any atom is -0.299 e. The number of aromatic nitrogens is 2. The Morgan fingerprint density at radius 3 is 2.74 bits per heavy atom. The maximum absolute atomic E-state index is 13.8. The Morgan fingerprint density at radius 1 is 1.21 bits per heavy atom. The molecule has 2 aromatic carbocycles. The lowest BCUT2D eigenvalue weighted by atomic mass is 10.2. The molecule has 1 aromatic heterocycles. The van der Waals surface area contributed by atoms with Gasteiger partial charge in [-0.25, -0.2) is 9.37 Å². The van der Waals surface area contributed by atoms with E-state index in [4.69, 9.17) is 11.6 Å². The highest BCUT2D eigenvalue weighted by Crippen LogP contribution is 2.20. The van der Waals surface area contributed by atoms with Crippen LogP contribution >= 0.6 is 11.6 Å². The van der Waals surface area contributed by atoms with E-state index in [2.05, 4.69) is 4.98 Å². The van der Waals surface area contributed by atoms with Crippen molar-refractivity contribution < 1.29 is 9.18 Å². The van der Waals surface area contributed by atoms with E-state index in [-0.39, 0.29) is 5.56 Å². The Hall–Kier alpha value is -2.20. The van der Waals surface area contributed by atoms with Gasteiger partial charge in [0, 0.05) is 0 Å². The number of imidazole rings is 1. The molecule has 0 amide bonds. The Morgan fingerprint density at radius 2 is 2.00 bits per heavy atom. The van der Waals surface area contributed by atoms with Crippen LogP contribution in [0.2, 0.25) is 0 Å². The fraction of sp³-hybridized carbons (Fsp3) is 0. The van der Waals surface area contributed by atoms with Crippen molar-refractivity contribution in [1.82, 2.24) is 9.55 Å². The lowest BCUT2D eigenvalue weighted by Gasteiger charge is -2.05.